The molecule has 1 aromatic rings. The van der Waals surface area contributed by atoms with Gasteiger partial charge in [-0.1, -0.05) is 25.1 Å². The Morgan fingerprint density at radius 2 is 1.76 bits per heavy atom. The van der Waals surface area contributed by atoms with Gasteiger partial charge in [-0.15, -0.1) is 0 Å². The van der Waals surface area contributed by atoms with E-state index in [-0.39, 0.29) is 29.8 Å². The molecule has 1 saturated heterocycles. The van der Waals surface area contributed by atoms with Crippen molar-refractivity contribution in [2.75, 3.05) is 19.6 Å². The van der Waals surface area contributed by atoms with Crippen molar-refractivity contribution in [3.05, 3.63) is 35.4 Å². The average molecular weight is 403 g/mol. The molecule has 0 radical (unpaired) electrons. The maximum atomic E-state index is 13.0. The van der Waals surface area contributed by atoms with Crippen LogP contribution < -0.4 is 16.0 Å². The zero-order chi connectivity index (χ0) is 21.4. The van der Waals surface area contributed by atoms with Crippen LogP contribution in [-0.4, -0.2) is 54.5 Å². The Hall–Kier alpha value is -2.57. The molecule has 4 amide bonds. The van der Waals surface area contributed by atoms with Crippen LogP contribution in [0.2, 0.25) is 0 Å². The maximum Gasteiger partial charge on any atom is 0.317 e. The molecular formula is C22H34N4O3. The van der Waals surface area contributed by atoms with Crippen molar-refractivity contribution in [3.8, 4) is 0 Å². The molecule has 1 fully saturated rings. The molecule has 0 spiro atoms. The summed E-state index contributed by atoms with van der Waals surface area (Å²) in [6, 6.07) is 6.70. The van der Waals surface area contributed by atoms with Gasteiger partial charge in [-0.2, -0.15) is 0 Å². The second-order valence-electron chi connectivity index (χ2n) is 7.74. The Balaban J connectivity index is 2.11. The molecule has 1 aliphatic heterocycles. The molecule has 160 valence electrons. The zero-order valence-corrected chi connectivity index (χ0v) is 18.0. The smallest absolute Gasteiger partial charge is 0.317 e. The summed E-state index contributed by atoms with van der Waals surface area (Å²) in [6.45, 7) is 9.47. The summed E-state index contributed by atoms with van der Waals surface area (Å²) in [6.07, 6.45) is 2.16. The molecule has 0 bridgehead atoms. The molecule has 29 heavy (non-hydrogen) atoms. The van der Waals surface area contributed by atoms with E-state index in [9.17, 15) is 14.4 Å². The third kappa shape index (κ3) is 6.21. The van der Waals surface area contributed by atoms with Gasteiger partial charge >= 0.3 is 6.03 Å². The van der Waals surface area contributed by atoms with Gasteiger partial charge in [-0.3, -0.25) is 9.59 Å². The minimum atomic E-state index is -0.618. The monoisotopic (exact) mass is 402 g/mol. The van der Waals surface area contributed by atoms with E-state index in [4.69, 9.17) is 0 Å². The highest BCUT2D eigenvalue weighted by atomic mass is 16.2. The van der Waals surface area contributed by atoms with Crippen molar-refractivity contribution in [3.63, 3.8) is 0 Å². The number of nitrogens with zero attached hydrogens (tertiary/aromatic N) is 1. The molecule has 2 rings (SSSR count). The summed E-state index contributed by atoms with van der Waals surface area (Å²) in [4.78, 5) is 39.7. The van der Waals surface area contributed by atoms with Gasteiger partial charge in [0.1, 0.15) is 6.04 Å². The predicted molar refractivity (Wildman–Crippen MR) is 114 cm³/mol. The fourth-order valence-electron chi connectivity index (χ4n) is 3.58. The lowest BCUT2D eigenvalue weighted by Crippen LogP contribution is -2.55. The van der Waals surface area contributed by atoms with E-state index in [1.807, 2.05) is 45.9 Å². The molecule has 7 heteroatoms. The first-order chi connectivity index (χ1) is 13.9. The largest absolute Gasteiger partial charge is 0.352 e. The Morgan fingerprint density at radius 1 is 1.10 bits per heavy atom. The number of piperidine rings is 1. The van der Waals surface area contributed by atoms with Crippen molar-refractivity contribution in [1.82, 2.24) is 20.9 Å². The standard InChI is InChI=1S/C22H34N4O3/c1-5-16(4)24-21(28)19(25-20(27)18-10-8-7-9-15(18)3)17-11-13-26(14-12-17)22(29)23-6-2/h7-10,16-17,19H,5-6,11-14H2,1-4H3,(H,23,29)(H,24,28)(H,25,27)/t16-,19-/m1/s1. The maximum absolute atomic E-state index is 13.0. The number of likely N-dealkylation sites (tertiary alicyclic amines) is 1. The SMILES string of the molecule is CCNC(=O)N1CCC([C@@H](NC(=O)c2ccccc2C)C(=O)N[C@H](C)CC)CC1. The number of hydrogen-bond acceptors (Lipinski definition) is 3. The zero-order valence-electron chi connectivity index (χ0n) is 18.0. The molecule has 7 nitrogen and oxygen atoms in total. The lowest BCUT2D eigenvalue weighted by Gasteiger charge is -2.36. The van der Waals surface area contributed by atoms with E-state index in [1.54, 1.807) is 11.0 Å². The normalized spacial score (nSPS) is 16.6. The molecule has 0 saturated carbocycles. The molecule has 0 aromatic heterocycles. The number of aryl methyl sites for hydroxylation is 1. The van der Waals surface area contributed by atoms with E-state index in [0.29, 0.717) is 38.0 Å². The summed E-state index contributed by atoms with van der Waals surface area (Å²) in [7, 11) is 0. The van der Waals surface area contributed by atoms with Crippen LogP contribution >= 0.6 is 0 Å². The molecule has 0 aliphatic carbocycles. The van der Waals surface area contributed by atoms with Crippen LogP contribution in [0.25, 0.3) is 0 Å². The molecular weight excluding hydrogens is 368 g/mol. The highest BCUT2D eigenvalue weighted by molar-refractivity contribution is 5.98. The second kappa shape index (κ2) is 10.8. The summed E-state index contributed by atoms with van der Waals surface area (Å²) in [5.41, 5.74) is 1.45. The topological polar surface area (TPSA) is 90.5 Å². The van der Waals surface area contributed by atoms with Gasteiger partial charge in [-0.25, -0.2) is 4.79 Å². The van der Waals surface area contributed by atoms with Gasteiger partial charge in [0.05, 0.1) is 0 Å². The fraction of sp³-hybridized carbons (Fsp3) is 0.591. The Kier molecular flexibility index (Phi) is 8.49. The third-order valence-corrected chi connectivity index (χ3v) is 5.59. The summed E-state index contributed by atoms with van der Waals surface area (Å²) >= 11 is 0. The average Bonchev–Trinajstić information content (AvgIpc) is 2.72. The fourth-order valence-corrected chi connectivity index (χ4v) is 3.58. The van der Waals surface area contributed by atoms with E-state index in [1.165, 1.54) is 0 Å². The minimum Gasteiger partial charge on any atom is -0.352 e. The predicted octanol–water partition coefficient (Wildman–Crippen LogP) is 2.45. The number of carbonyl (C=O) groups is 3. The Labute approximate surface area is 173 Å². The second-order valence-corrected chi connectivity index (χ2v) is 7.74. The molecule has 2 atom stereocenters. The van der Waals surface area contributed by atoms with Crippen LogP contribution in [0.5, 0.6) is 0 Å². The van der Waals surface area contributed by atoms with E-state index >= 15 is 0 Å². The number of nitrogens with one attached hydrogen (secondary N) is 3. The Bertz CT molecular complexity index is 714. The number of benzene rings is 1. The molecule has 1 aliphatic rings. The molecule has 3 N–H and O–H groups in total. The first kappa shape index (κ1) is 22.7. The van der Waals surface area contributed by atoms with Gasteiger partial charge in [0.2, 0.25) is 5.91 Å². The van der Waals surface area contributed by atoms with Crippen molar-refractivity contribution in [1.29, 1.82) is 0 Å². The van der Waals surface area contributed by atoms with Crippen LogP contribution in [0.1, 0.15) is 56.0 Å². The number of carbonyl (C=O) groups excluding carboxylic acids is 3. The number of rotatable bonds is 7. The van der Waals surface area contributed by atoms with Crippen LogP contribution in [0.15, 0.2) is 24.3 Å². The van der Waals surface area contributed by atoms with Crippen molar-refractivity contribution >= 4 is 17.8 Å². The molecule has 1 aromatic carbocycles. The van der Waals surface area contributed by atoms with Crippen LogP contribution in [0.3, 0.4) is 0 Å². The van der Waals surface area contributed by atoms with E-state index in [2.05, 4.69) is 16.0 Å². The van der Waals surface area contributed by atoms with Crippen molar-refractivity contribution in [2.24, 2.45) is 5.92 Å². The molecule has 0 unspecified atom stereocenters. The summed E-state index contributed by atoms with van der Waals surface area (Å²) < 4.78 is 0. The van der Waals surface area contributed by atoms with Crippen molar-refractivity contribution in [2.45, 2.75) is 59.0 Å². The number of urea groups is 1. The summed E-state index contributed by atoms with van der Waals surface area (Å²) in [5, 5.41) is 8.79. The van der Waals surface area contributed by atoms with Gasteiger partial charge in [0, 0.05) is 31.2 Å². The highest BCUT2D eigenvalue weighted by Gasteiger charge is 2.34. The van der Waals surface area contributed by atoms with Crippen LogP contribution in [-0.2, 0) is 4.79 Å². The third-order valence-electron chi connectivity index (χ3n) is 5.59. The highest BCUT2D eigenvalue weighted by Crippen LogP contribution is 2.22. The van der Waals surface area contributed by atoms with Crippen LogP contribution in [0, 0.1) is 12.8 Å². The van der Waals surface area contributed by atoms with E-state index in [0.717, 1.165) is 12.0 Å². The summed E-state index contributed by atoms with van der Waals surface area (Å²) in [5.74, 6) is -0.408. The van der Waals surface area contributed by atoms with Gasteiger partial charge in [0.25, 0.3) is 5.91 Å². The van der Waals surface area contributed by atoms with E-state index < -0.39 is 6.04 Å². The van der Waals surface area contributed by atoms with Crippen molar-refractivity contribution < 1.29 is 14.4 Å². The lowest BCUT2D eigenvalue weighted by molar-refractivity contribution is -0.125. The minimum absolute atomic E-state index is 0.0160. The van der Waals surface area contributed by atoms with Gasteiger partial charge in [-0.05, 0) is 57.6 Å². The number of hydrogen-bond donors (Lipinski definition) is 3. The number of amides is 4. The first-order valence-electron chi connectivity index (χ1n) is 10.6. The quantitative estimate of drug-likeness (QED) is 0.654. The van der Waals surface area contributed by atoms with Gasteiger partial charge < -0.3 is 20.9 Å². The van der Waals surface area contributed by atoms with Crippen LogP contribution in [0.4, 0.5) is 4.79 Å². The van der Waals surface area contributed by atoms with Gasteiger partial charge in [0.15, 0.2) is 0 Å². The lowest BCUT2D eigenvalue weighted by atomic mass is 9.88. The Morgan fingerprint density at radius 3 is 2.34 bits per heavy atom. The first-order valence-corrected chi connectivity index (χ1v) is 10.6. The molecule has 1 heterocycles.